The Bertz CT molecular complexity index is 1360. The number of hydrogen-bond donors (Lipinski definition) is 5. The molecule has 11 nitrogen and oxygen atoms in total. The summed E-state index contributed by atoms with van der Waals surface area (Å²) in [5.74, 6) is -0.144. The maximum Gasteiger partial charge on any atom is 0.409 e. The molecule has 0 aliphatic carbocycles. The van der Waals surface area contributed by atoms with Gasteiger partial charge in [-0.15, -0.1) is 0 Å². The van der Waals surface area contributed by atoms with Crippen LogP contribution in [0.2, 0.25) is 0 Å². The fraction of sp³-hybridized carbons (Fsp3) is 0.345. The molecule has 0 aliphatic rings. The van der Waals surface area contributed by atoms with Crippen LogP contribution in [-0.2, 0) is 43.7 Å². The Morgan fingerprint density at radius 3 is 2.51 bits per heavy atom. The number of carbonyl (C=O) groups is 1. The van der Waals surface area contributed by atoms with Crippen LogP contribution in [0.5, 0.6) is 11.5 Å². The molecule has 0 unspecified atom stereocenters. The van der Waals surface area contributed by atoms with Crippen molar-refractivity contribution in [2.45, 2.75) is 39.1 Å². The fourth-order valence-electron chi connectivity index (χ4n) is 3.76. The third-order valence-corrected chi connectivity index (χ3v) is 6.83. The zero-order chi connectivity index (χ0) is 29.7. The van der Waals surface area contributed by atoms with Crippen molar-refractivity contribution in [1.29, 1.82) is 0 Å². The summed E-state index contributed by atoms with van der Waals surface area (Å²) in [6.45, 7) is 3.08. The molecule has 0 fully saturated rings. The molecule has 0 saturated carbocycles. The molecule has 0 saturated heterocycles. The van der Waals surface area contributed by atoms with Crippen molar-refractivity contribution < 1.29 is 42.2 Å². The Balaban J connectivity index is 1.32. The van der Waals surface area contributed by atoms with Gasteiger partial charge in [-0.05, 0) is 66.1 Å². The first-order valence-electron chi connectivity index (χ1n) is 13.1. The molecule has 3 aromatic rings. The number of rotatable bonds is 17. The summed E-state index contributed by atoms with van der Waals surface area (Å²) in [5.41, 5.74) is 3.09. The van der Waals surface area contributed by atoms with Crippen LogP contribution in [0, 0.1) is 0 Å². The monoisotopic (exact) mass is 588 g/mol. The maximum atomic E-state index is 11.9. The third-order valence-electron chi connectivity index (χ3n) is 5.94. The van der Waals surface area contributed by atoms with Crippen LogP contribution < -0.4 is 14.8 Å². The quantitative estimate of drug-likeness (QED) is 0.148. The van der Waals surface area contributed by atoms with Crippen molar-refractivity contribution in [3.63, 3.8) is 0 Å². The average molecular weight is 589 g/mol. The molecule has 0 amide bonds. The van der Waals surface area contributed by atoms with Gasteiger partial charge >= 0.3 is 16.3 Å². The number of phenols is 1. The number of carbonyl (C=O) groups excluding carboxylic acids is 1. The van der Waals surface area contributed by atoms with Crippen molar-refractivity contribution in [2.24, 2.45) is 0 Å². The Hall–Kier alpha value is -3.68. The van der Waals surface area contributed by atoms with Gasteiger partial charge in [0.05, 0.1) is 31.6 Å². The van der Waals surface area contributed by atoms with Gasteiger partial charge in [-0.3, -0.25) is 9.52 Å². The molecule has 3 aromatic carbocycles. The summed E-state index contributed by atoms with van der Waals surface area (Å²) in [5, 5.41) is 32.5. The van der Waals surface area contributed by atoms with E-state index in [0.717, 1.165) is 17.5 Å². The van der Waals surface area contributed by atoms with Crippen LogP contribution in [0.3, 0.4) is 0 Å². The van der Waals surface area contributed by atoms with E-state index in [1.54, 1.807) is 36.4 Å². The number of aliphatic hydroxyl groups is 2. The van der Waals surface area contributed by atoms with E-state index in [1.165, 1.54) is 13.0 Å². The van der Waals surface area contributed by atoms with Gasteiger partial charge in [0.25, 0.3) is 0 Å². The van der Waals surface area contributed by atoms with Crippen molar-refractivity contribution in [3.8, 4) is 11.5 Å². The molecule has 3 rings (SSSR count). The van der Waals surface area contributed by atoms with Gasteiger partial charge < -0.3 is 34.3 Å². The molecule has 222 valence electrons. The lowest BCUT2D eigenvalue weighted by Crippen LogP contribution is -2.23. The molecule has 5 N–H and O–H groups in total. The van der Waals surface area contributed by atoms with Crippen molar-refractivity contribution in [3.05, 3.63) is 89.0 Å². The van der Waals surface area contributed by atoms with E-state index in [0.29, 0.717) is 43.2 Å². The number of ether oxygens (including phenoxy) is 2. The highest BCUT2D eigenvalue weighted by molar-refractivity contribution is 7.88. The van der Waals surface area contributed by atoms with E-state index in [-0.39, 0.29) is 31.1 Å². The van der Waals surface area contributed by atoms with Gasteiger partial charge in [-0.2, -0.15) is 8.42 Å². The first-order chi connectivity index (χ1) is 19.7. The van der Waals surface area contributed by atoms with Crippen LogP contribution in [0.15, 0.2) is 66.7 Å². The van der Waals surface area contributed by atoms with Crippen LogP contribution in [-0.4, -0.2) is 56.0 Å². The summed E-state index contributed by atoms with van der Waals surface area (Å²) >= 11 is 0. The minimum absolute atomic E-state index is 0.00171. The number of aromatic hydroxyl groups is 1. The Morgan fingerprint density at radius 1 is 1.00 bits per heavy atom. The average Bonchev–Trinajstić information content (AvgIpc) is 2.95. The third kappa shape index (κ3) is 11.0. The van der Waals surface area contributed by atoms with E-state index < -0.39 is 22.4 Å². The lowest BCUT2D eigenvalue weighted by atomic mass is 10.1. The van der Waals surface area contributed by atoms with Crippen LogP contribution >= 0.6 is 0 Å². The minimum Gasteiger partial charge on any atom is -0.508 e. The van der Waals surface area contributed by atoms with Gasteiger partial charge in [-0.25, -0.2) is 0 Å². The molecule has 0 radical (unpaired) electrons. The van der Waals surface area contributed by atoms with Crippen molar-refractivity contribution >= 4 is 22.0 Å². The highest BCUT2D eigenvalue weighted by Crippen LogP contribution is 2.22. The zero-order valence-electron chi connectivity index (χ0n) is 22.8. The van der Waals surface area contributed by atoms with Crippen LogP contribution in [0.1, 0.15) is 41.7 Å². The largest absolute Gasteiger partial charge is 0.508 e. The molecule has 0 bridgehead atoms. The molecule has 0 aliphatic heterocycles. The van der Waals surface area contributed by atoms with E-state index >= 15 is 0 Å². The second-order valence-corrected chi connectivity index (χ2v) is 10.4. The summed E-state index contributed by atoms with van der Waals surface area (Å²) in [6, 6.07) is 18.9. The van der Waals surface area contributed by atoms with Crippen molar-refractivity contribution in [1.82, 2.24) is 5.32 Å². The number of anilines is 1. The molecule has 0 aromatic heterocycles. The molecule has 41 heavy (non-hydrogen) atoms. The molecule has 0 spiro atoms. The topological polar surface area (TPSA) is 164 Å². The smallest absolute Gasteiger partial charge is 0.409 e. The van der Waals surface area contributed by atoms with E-state index in [9.17, 15) is 28.5 Å². The predicted octanol–water partition coefficient (Wildman–Crippen LogP) is 2.96. The SMILES string of the molecule is CCC(=O)OS(=O)(=O)Nc1cccc(COCCOc2ccc(CCNC[C@H](O)c3ccc(O)c(CO)c3)cc2)c1. The van der Waals surface area contributed by atoms with Crippen molar-refractivity contribution in [2.75, 3.05) is 31.0 Å². The molecule has 12 heteroatoms. The molecule has 1 atom stereocenters. The Morgan fingerprint density at radius 2 is 1.78 bits per heavy atom. The van der Waals surface area contributed by atoms with E-state index in [4.69, 9.17) is 9.47 Å². The van der Waals surface area contributed by atoms with Gasteiger partial charge in [0, 0.05) is 18.5 Å². The first-order valence-corrected chi connectivity index (χ1v) is 14.5. The summed E-state index contributed by atoms with van der Waals surface area (Å²) in [4.78, 5) is 11.3. The lowest BCUT2D eigenvalue weighted by Gasteiger charge is -2.14. The van der Waals surface area contributed by atoms with Gasteiger partial charge in [0.15, 0.2) is 0 Å². The second-order valence-electron chi connectivity index (χ2n) is 9.13. The fourth-order valence-corrected chi connectivity index (χ4v) is 4.58. The summed E-state index contributed by atoms with van der Waals surface area (Å²) in [6.07, 6.45) is -0.0561. The summed E-state index contributed by atoms with van der Waals surface area (Å²) < 4.78 is 41.7. The molecular formula is C29H36N2O9S. The second kappa shape index (κ2) is 15.9. The van der Waals surface area contributed by atoms with E-state index in [1.807, 2.05) is 24.3 Å². The maximum absolute atomic E-state index is 11.9. The lowest BCUT2D eigenvalue weighted by molar-refractivity contribution is -0.133. The van der Waals surface area contributed by atoms with Gasteiger partial charge in [-0.1, -0.05) is 37.3 Å². The standard InChI is InChI=1S/C29H36N2O9S/c1-2-29(35)40-41(36,37)31-25-5-3-4-22(16-25)20-38-14-15-39-26-9-6-21(7-10-26)12-13-30-18-28(34)23-8-11-27(33)24(17-23)19-32/h3-11,16-17,28,30-34H,2,12-15,18-20H2,1H3/t28-/m0/s1. The van der Waals surface area contributed by atoms with E-state index in [2.05, 4.69) is 14.2 Å². The van der Waals surface area contributed by atoms with Crippen LogP contribution in [0.4, 0.5) is 5.69 Å². The normalized spacial score (nSPS) is 12.1. The van der Waals surface area contributed by atoms with Gasteiger partial charge in [0.2, 0.25) is 0 Å². The Labute approximate surface area is 240 Å². The summed E-state index contributed by atoms with van der Waals surface area (Å²) in [7, 11) is -4.24. The number of aliphatic hydroxyl groups excluding tert-OH is 2. The van der Waals surface area contributed by atoms with Crippen LogP contribution in [0.25, 0.3) is 0 Å². The predicted molar refractivity (Wildman–Crippen MR) is 153 cm³/mol. The minimum atomic E-state index is -4.24. The Kier molecular flexibility index (Phi) is 12.4. The number of nitrogens with one attached hydrogen (secondary N) is 2. The van der Waals surface area contributed by atoms with Gasteiger partial charge in [0.1, 0.15) is 18.1 Å². The number of benzene rings is 3. The molecular weight excluding hydrogens is 552 g/mol. The highest BCUT2D eigenvalue weighted by Gasteiger charge is 2.16. The highest BCUT2D eigenvalue weighted by atomic mass is 32.2. The first kappa shape index (κ1) is 31.8. The zero-order valence-corrected chi connectivity index (χ0v) is 23.6. The number of hydrogen-bond acceptors (Lipinski definition) is 10. The molecule has 0 heterocycles.